The van der Waals surface area contributed by atoms with Crippen molar-refractivity contribution < 1.29 is 14.7 Å². The number of urea groups is 1. The van der Waals surface area contributed by atoms with Crippen molar-refractivity contribution in [2.45, 2.75) is 71.3 Å². The average molecular weight is 298 g/mol. The normalized spacial score (nSPS) is 18.8. The quantitative estimate of drug-likeness (QED) is 0.644. The first-order valence-corrected chi connectivity index (χ1v) is 8.29. The van der Waals surface area contributed by atoms with E-state index >= 15 is 0 Å². The summed E-state index contributed by atoms with van der Waals surface area (Å²) >= 11 is 0. The van der Waals surface area contributed by atoms with E-state index < -0.39 is 5.97 Å². The Balaban J connectivity index is 2.25. The van der Waals surface area contributed by atoms with Crippen LogP contribution in [-0.4, -0.2) is 29.7 Å². The van der Waals surface area contributed by atoms with Gasteiger partial charge in [-0.3, -0.25) is 4.79 Å². The Morgan fingerprint density at radius 3 is 2.48 bits per heavy atom. The summed E-state index contributed by atoms with van der Waals surface area (Å²) in [7, 11) is 0. The van der Waals surface area contributed by atoms with E-state index in [0.717, 1.165) is 6.42 Å². The predicted octanol–water partition coefficient (Wildman–Crippen LogP) is 3.15. The number of carbonyl (C=O) groups is 2. The van der Waals surface area contributed by atoms with Crippen molar-refractivity contribution in [1.29, 1.82) is 0 Å². The Hall–Kier alpha value is -1.26. The van der Waals surface area contributed by atoms with Gasteiger partial charge in [0.15, 0.2) is 0 Å². The van der Waals surface area contributed by atoms with E-state index in [1.807, 2.05) is 6.92 Å². The second kappa shape index (κ2) is 9.64. The molecule has 5 heteroatoms. The van der Waals surface area contributed by atoms with E-state index in [2.05, 4.69) is 17.6 Å². The van der Waals surface area contributed by atoms with Crippen molar-refractivity contribution in [3.05, 3.63) is 0 Å². The SMILES string of the molecule is CCC(NC(=O)NCC(C)CCC(=O)O)C1CCCCC1. The molecule has 0 heterocycles. The lowest BCUT2D eigenvalue weighted by Gasteiger charge is -2.30. The number of hydrogen-bond acceptors (Lipinski definition) is 2. The molecule has 0 radical (unpaired) electrons. The summed E-state index contributed by atoms with van der Waals surface area (Å²) in [5.74, 6) is 0.00943. The summed E-state index contributed by atoms with van der Waals surface area (Å²) in [6.45, 7) is 4.61. The van der Waals surface area contributed by atoms with Crippen LogP contribution in [0.15, 0.2) is 0 Å². The lowest BCUT2D eigenvalue weighted by Crippen LogP contribution is -2.46. The topological polar surface area (TPSA) is 78.4 Å². The summed E-state index contributed by atoms with van der Waals surface area (Å²) in [6, 6.07) is 0.147. The molecular weight excluding hydrogens is 268 g/mol. The van der Waals surface area contributed by atoms with Crippen molar-refractivity contribution >= 4 is 12.0 Å². The molecule has 0 aromatic heterocycles. The van der Waals surface area contributed by atoms with Crippen molar-refractivity contribution in [2.24, 2.45) is 11.8 Å². The molecule has 122 valence electrons. The Morgan fingerprint density at radius 2 is 1.90 bits per heavy atom. The lowest BCUT2D eigenvalue weighted by atomic mass is 9.83. The largest absolute Gasteiger partial charge is 0.481 e. The molecule has 0 saturated heterocycles. The second-order valence-electron chi connectivity index (χ2n) is 6.30. The third kappa shape index (κ3) is 7.34. The zero-order valence-corrected chi connectivity index (χ0v) is 13.4. The molecule has 1 fully saturated rings. The van der Waals surface area contributed by atoms with Gasteiger partial charge in [-0.1, -0.05) is 33.1 Å². The van der Waals surface area contributed by atoms with Crippen molar-refractivity contribution in [3.63, 3.8) is 0 Å². The summed E-state index contributed by atoms with van der Waals surface area (Å²) in [5.41, 5.74) is 0. The highest BCUT2D eigenvalue weighted by Crippen LogP contribution is 2.27. The van der Waals surface area contributed by atoms with Gasteiger partial charge in [0, 0.05) is 19.0 Å². The maximum atomic E-state index is 12.0. The predicted molar refractivity (Wildman–Crippen MR) is 83.2 cm³/mol. The molecule has 0 aliphatic heterocycles. The highest BCUT2D eigenvalue weighted by Gasteiger charge is 2.23. The maximum absolute atomic E-state index is 12.0. The molecule has 5 nitrogen and oxygen atoms in total. The van der Waals surface area contributed by atoms with E-state index in [4.69, 9.17) is 5.11 Å². The molecule has 0 aromatic carbocycles. The maximum Gasteiger partial charge on any atom is 0.315 e. The Kier molecular flexibility index (Phi) is 8.16. The molecule has 0 bridgehead atoms. The van der Waals surface area contributed by atoms with Gasteiger partial charge in [0.2, 0.25) is 0 Å². The number of rotatable bonds is 8. The molecule has 2 amide bonds. The van der Waals surface area contributed by atoms with E-state index in [0.29, 0.717) is 18.9 Å². The Morgan fingerprint density at radius 1 is 1.24 bits per heavy atom. The van der Waals surface area contributed by atoms with Crippen LogP contribution in [0.3, 0.4) is 0 Å². The lowest BCUT2D eigenvalue weighted by molar-refractivity contribution is -0.137. The zero-order chi connectivity index (χ0) is 15.7. The van der Waals surface area contributed by atoms with Crippen LogP contribution in [0, 0.1) is 11.8 Å². The van der Waals surface area contributed by atoms with Crippen LogP contribution < -0.4 is 10.6 Å². The summed E-state index contributed by atoms with van der Waals surface area (Å²) in [6.07, 6.45) is 8.02. The number of amides is 2. The zero-order valence-electron chi connectivity index (χ0n) is 13.4. The van der Waals surface area contributed by atoms with Crippen LogP contribution in [0.2, 0.25) is 0 Å². The van der Waals surface area contributed by atoms with Gasteiger partial charge in [-0.2, -0.15) is 0 Å². The van der Waals surface area contributed by atoms with Gasteiger partial charge in [0.05, 0.1) is 0 Å². The second-order valence-corrected chi connectivity index (χ2v) is 6.30. The fourth-order valence-electron chi connectivity index (χ4n) is 3.05. The molecule has 2 unspecified atom stereocenters. The minimum atomic E-state index is -0.783. The number of aliphatic carboxylic acids is 1. The van der Waals surface area contributed by atoms with Crippen LogP contribution in [0.5, 0.6) is 0 Å². The number of hydrogen-bond donors (Lipinski definition) is 3. The summed E-state index contributed by atoms with van der Waals surface area (Å²) < 4.78 is 0. The van der Waals surface area contributed by atoms with Gasteiger partial charge in [-0.25, -0.2) is 4.79 Å². The molecule has 1 aliphatic carbocycles. The Labute approximate surface area is 127 Å². The molecule has 21 heavy (non-hydrogen) atoms. The molecule has 1 aliphatic rings. The van der Waals surface area contributed by atoms with E-state index in [9.17, 15) is 9.59 Å². The van der Waals surface area contributed by atoms with Crippen LogP contribution in [0.4, 0.5) is 4.79 Å². The fourth-order valence-corrected chi connectivity index (χ4v) is 3.05. The molecule has 0 aromatic rings. The first-order valence-electron chi connectivity index (χ1n) is 8.29. The van der Waals surface area contributed by atoms with Crippen LogP contribution >= 0.6 is 0 Å². The van der Waals surface area contributed by atoms with Crippen LogP contribution in [0.25, 0.3) is 0 Å². The van der Waals surface area contributed by atoms with E-state index in [1.54, 1.807) is 0 Å². The smallest absolute Gasteiger partial charge is 0.315 e. The molecule has 1 rings (SSSR count). The summed E-state index contributed by atoms with van der Waals surface area (Å²) in [5, 5.41) is 14.6. The first kappa shape index (κ1) is 17.8. The third-order valence-electron chi connectivity index (χ3n) is 4.44. The van der Waals surface area contributed by atoms with Crippen molar-refractivity contribution in [1.82, 2.24) is 10.6 Å². The molecular formula is C16H30N2O3. The van der Waals surface area contributed by atoms with Crippen molar-refractivity contribution in [2.75, 3.05) is 6.54 Å². The minimum absolute atomic E-state index is 0.116. The average Bonchev–Trinajstić information content (AvgIpc) is 2.49. The van der Waals surface area contributed by atoms with Gasteiger partial charge >= 0.3 is 12.0 Å². The fraction of sp³-hybridized carbons (Fsp3) is 0.875. The van der Waals surface area contributed by atoms with E-state index in [-0.39, 0.29) is 24.4 Å². The first-order chi connectivity index (χ1) is 10.0. The van der Waals surface area contributed by atoms with Crippen LogP contribution in [-0.2, 0) is 4.79 Å². The monoisotopic (exact) mass is 298 g/mol. The number of carbonyl (C=O) groups excluding carboxylic acids is 1. The minimum Gasteiger partial charge on any atom is -0.481 e. The number of carboxylic acids is 1. The standard InChI is InChI=1S/C16H30N2O3/c1-3-14(13-7-5-4-6-8-13)18-16(21)17-11-12(2)9-10-15(19)20/h12-14H,3-11H2,1-2H3,(H,19,20)(H2,17,18,21). The number of carboxylic acid groups (broad SMARTS) is 1. The van der Waals surface area contributed by atoms with Gasteiger partial charge in [0.25, 0.3) is 0 Å². The summed E-state index contributed by atoms with van der Waals surface area (Å²) in [4.78, 5) is 22.5. The Bertz CT molecular complexity index is 327. The number of nitrogens with one attached hydrogen (secondary N) is 2. The third-order valence-corrected chi connectivity index (χ3v) is 4.44. The molecule has 0 spiro atoms. The molecule has 1 saturated carbocycles. The van der Waals surface area contributed by atoms with Gasteiger partial charge < -0.3 is 15.7 Å². The van der Waals surface area contributed by atoms with Gasteiger partial charge in [0.1, 0.15) is 0 Å². The highest BCUT2D eigenvalue weighted by atomic mass is 16.4. The molecule has 3 N–H and O–H groups in total. The van der Waals surface area contributed by atoms with E-state index in [1.165, 1.54) is 32.1 Å². The molecule has 2 atom stereocenters. The van der Waals surface area contributed by atoms with Crippen LogP contribution in [0.1, 0.15) is 65.2 Å². The highest BCUT2D eigenvalue weighted by molar-refractivity contribution is 5.74. The van der Waals surface area contributed by atoms with Gasteiger partial charge in [-0.15, -0.1) is 0 Å². The van der Waals surface area contributed by atoms with Crippen molar-refractivity contribution in [3.8, 4) is 0 Å². The van der Waals surface area contributed by atoms with Gasteiger partial charge in [-0.05, 0) is 37.5 Å².